The molecule has 1 rings (SSSR count). The molecule has 0 bridgehead atoms. The first-order valence-corrected chi connectivity index (χ1v) is 4.08. The fourth-order valence-electron chi connectivity index (χ4n) is 1.00. The number of nitrogens with zero attached hydrogens (tertiary/aromatic N) is 1. The number of hydrogen-bond acceptors (Lipinski definition) is 2. The number of nitrogens with two attached hydrogens (primary N) is 1. The third-order valence-electron chi connectivity index (χ3n) is 2.08. The molecule has 4 heteroatoms. The molecule has 2 N–H and O–H groups in total. The van der Waals surface area contributed by atoms with Gasteiger partial charge in [0.1, 0.15) is 11.6 Å². The molecule has 0 aliphatic rings. The van der Waals surface area contributed by atoms with Crippen LogP contribution >= 0.6 is 0 Å². The predicted molar refractivity (Wildman–Crippen MR) is 46.0 cm³/mol. The molecule has 2 nitrogen and oxygen atoms in total. The molecular weight excluding hydrogens is 174 g/mol. The molecule has 0 fully saturated rings. The summed E-state index contributed by atoms with van der Waals surface area (Å²) in [5.41, 5.74) is 5.04. The molecule has 1 heterocycles. The van der Waals surface area contributed by atoms with Crippen LogP contribution in [0, 0.1) is 11.6 Å². The van der Waals surface area contributed by atoms with Crippen molar-refractivity contribution >= 4 is 0 Å². The molecule has 72 valence electrons. The maximum absolute atomic E-state index is 13.2. The second-order valence-corrected chi connectivity index (χ2v) is 3.25. The third kappa shape index (κ3) is 2.01. The lowest BCUT2D eigenvalue weighted by atomic mass is 9.95. The maximum atomic E-state index is 13.2. The van der Waals surface area contributed by atoms with Gasteiger partial charge in [0, 0.05) is 6.07 Å². The average molecular weight is 186 g/mol. The summed E-state index contributed by atoms with van der Waals surface area (Å²) < 4.78 is 25.6. The lowest BCUT2D eigenvalue weighted by Gasteiger charge is -2.22. The van der Waals surface area contributed by atoms with Crippen LogP contribution in [0.4, 0.5) is 8.78 Å². The third-order valence-corrected chi connectivity index (χ3v) is 2.08. The Morgan fingerprint density at radius 1 is 1.54 bits per heavy atom. The lowest BCUT2D eigenvalue weighted by molar-refractivity contribution is 0.424. The van der Waals surface area contributed by atoms with Gasteiger partial charge in [0.05, 0.1) is 17.4 Å². The summed E-state index contributed by atoms with van der Waals surface area (Å²) in [6, 6.07) is 0.795. The van der Waals surface area contributed by atoms with E-state index in [0.717, 1.165) is 12.3 Å². The van der Waals surface area contributed by atoms with Gasteiger partial charge in [-0.15, -0.1) is 0 Å². The second kappa shape index (κ2) is 3.38. The van der Waals surface area contributed by atoms with Crippen LogP contribution in [0.25, 0.3) is 0 Å². The van der Waals surface area contributed by atoms with E-state index in [-0.39, 0.29) is 5.69 Å². The van der Waals surface area contributed by atoms with E-state index in [4.69, 9.17) is 5.73 Å². The van der Waals surface area contributed by atoms with Crippen LogP contribution in [0.5, 0.6) is 0 Å². The van der Waals surface area contributed by atoms with E-state index in [1.807, 2.05) is 6.92 Å². The number of pyridine rings is 1. The van der Waals surface area contributed by atoms with Crippen LogP contribution in [-0.2, 0) is 5.54 Å². The topological polar surface area (TPSA) is 38.9 Å². The molecule has 0 aromatic carbocycles. The normalized spacial score (nSPS) is 15.5. The molecule has 0 spiro atoms. The van der Waals surface area contributed by atoms with E-state index in [1.165, 1.54) is 0 Å². The number of halogens is 2. The van der Waals surface area contributed by atoms with Crippen molar-refractivity contribution in [1.29, 1.82) is 0 Å². The fourth-order valence-corrected chi connectivity index (χ4v) is 1.00. The van der Waals surface area contributed by atoms with Crippen LogP contribution in [0.15, 0.2) is 12.3 Å². The minimum Gasteiger partial charge on any atom is -0.320 e. The Bertz CT molecular complexity index is 310. The SMILES string of the molecule is CCC(C)(N)c1ncc(F)cc1F. The van der Waals surface area contributed by atoms with Crippen molar-refractivity contribution in [2.45, 2.75) is 25.8 Å². The standard InChI is InChI=1S/C9H12F2N2/c1-3-9(2,12)8-7(11)4-6(10)5-13-8/h4-5H,3,12H2,1-2H3. The van der Waals surface area contributed by atoms with Gasteiger partial charge in [0.2, 0.25) is 0 Å². The zero-order valence-corrected chi connectivity index (χ0v) is 7.64. The minimum absolute atomic E-state index is 0.108. The Morgan fingerprint density at radius 2 is 2.15 bits per heavy atom. The molecule has 0 radical (unpaired) electrons. The molecule has 1 aromatic rings. The van der Waals surface area contributed by atoms with E-state index >= 15 is 0 Å². The summed E-state index contributed by atoms with van der Waals surface area (Å²) in [5.74, 6) is -1.37. The van der Waals surface area contributed by atoms with Gasteiger partial charge >= 0.3 is 0 Å². The van der Waals surface area contributed by atoms with Gasteiger partial charge in [-0.1, -0.05) is 6.92 Å². The van der Waals surface area contributed by atoms with Crippen molar-refractivity contribution in [3.63, 3.8) is 0 Å². The Balaban J connectivity index is 3.16. The highest BCUT2D eigenvalue weighted by molar-refractivity contribution is 5.16. The summed E-state index contributed by atoms with van der Waals surface area (Å²) in [6.07, 6.45) is 1.52. The van der Waals surface area contributed by atoms with E-state index < -0.39 is 17.2 Å². The molecule has 1 unspecified atom stereocenters. The quantitative estimate of drug-likeness (QED) is 0.766. The molecule has 1 aromatic heterocycles. The van der Waals surface area contributed by atoms with Crippen LogP contribution in [0.2, 0.25) is 0 Å². The highest BCUT2D eigenvalue weighted by atomic mass is 19.1. The summed E-state index contributed by atoms with van der Waals surface area (Å²) in [6.45, 7) is 3.49. The summed E-state index contributed by atoms with van der Waals surface area (Å²) >= 11 is 0. The first-order valence-electron chi connectivity index (χ1n) is 4.08. The van der Waals surface area contributed by atoms with Crippen molar-refractivity contribution in [2.24, 2.45) is 5.73 Å². The van der Waals surface area contributed by atoms with Crippen molar-refractivity contribution < 1.29 is 8.78 Å². The molecule has 0 aliphatic carbocycles. The fraction of sp³-hybridized carbons (Fsp3) is 0.444. The highest BCUT2D eigenvalue weighted by Crippen LogP contribution is 2.21. The van der Waals surface area contributed by atoms with E-state index in [9.17, 15) is 8.78 Å². The molecule has 13 heavy (non-hydrogen) atoms. The largest absolute Gasteiger partial charge is 0.320 e. The maximum Gasteiger partial charge on any atom is 0.149 e. The molecule has 0 aliphatic heterocycles. The summed E-state index contributed by atoms with van der Waals surface area (Å²) in [5, 5.41) is 0. The Labute approximate surface area is 75.8 Å². The predicted octanol–water partition coefficient (Wildman–Crippen LogP) is 1.94. The average Bonchev–Trinajstić information content (AvgIpc) is 2.03. The number of rotatable bonds is 2. The smallest absolute Gasteiger partial charge is 0.149 e. The van der Waals surface area contributed by atoms with Gasteiger partial charge in [0.15, 0.2) is 0 Å². The van der Waals surface area contributed by atoms with E-state index in [1.54, 1.807) is 6.92 Å². The van der Waals surface area contributed by atoms with E-state index in [2.05, 4.69) is 4.98 Å². The lowest BCUT2D eigenvalue weighted by Crippen LogP contribution is -2.34. The van der Waals surface area contributed by atoms with Gasteiger partial charge in [-0.05, 0) is 13.3 Å². The van der Waals surface area contributed by atoms with Crippen molar-refractivity contribution in [2.75, 3.05) is 0 Å². The number of aromatic nitrogens is 1. The van der Waals surface area contributed by atoms with Crippen LogP contribution in [0.3, 0.4) is 0 Å². The van der Waals surface area contributed by atoms with Gasteiger partial charge < -0.3 is 5.73 Å². The van der Waals surface area contributed by atoms with Crippen LogP contribution in [-0.4, -0.2) is 4.98 Å². The summed E-state index contributed by atoms with van der Waals surface area (Å²) in [4.78, 5) is 3.65. The van der Waals surface area contributed by atoms with Gasteiger partial charge in [-0.25, -0.2) is 8.78 Å². The molecule has 1 atom stereocenters. The Kier molecular flexibility index (Phi) is 2.61. The number of hydrogen-bond donors (Lipinski definition) is 1. The Morgan fingerprint density at radius 3 is 2.62 bits per heavy atom. The monoisotopic (exact) mass is 186 g/mol. The van der Waals surface area contributed by atoms with Crippen molar-refractivity contribution in [3.05, 3.63) is 29.6 Å². The molecule has 0 amide bonds. The Hall–Kier alpha value is -1.03. The van der Waals surface area contributed by atoms with Gasteiger partial charge in [-0.3, -0.25) is 4.98 Å². The van der Waals surface area contributed by atoms with E-state index in [0.29, 0.717) is 6.42 Å². The zero-order chi connectivity index (χ0) is 10.1. The van der Waals surface area contributed by atoms with Crippen molar-refractivity contribution in [1.82, 2.24) is 4.98 Å². The van der Waals surface area contributed by atoms with Crippen LogP contribution in [0.1, 0.15) is 26.0 Å². The second-order valence-electron chi connectivity index (χ2n) is 3.25. The minimum atomic E-state index is -0.836. The molecule has 0 saturated carbocycles. The molecular formula is C9H12F2N2. The van der Waals surface area contributed by atoms with Crippen molar-refractivity contribution in [3.8, 4) is 0 Å². The molecule has 0 saturated heterocycles. The first-order chi connectivity index (χ1) is 5.97. The van der Waals surface area contributed by atoms with Gasteiger partial charge in [0.25, 0.3) is 0 Å². The van der Waals surface area contributed by atoms with Crippen LogP contribution < -0.4 is 5.73 Å². The zero-order valence-electron chi connectivity index (χ0n) is 7.64. The first kappa shape index (κ1) is 10.1. The summed E-state index contributed by atoms with van der Waals surface area (Å²) in [7, 11) is 0. The van der Waals surface area contributed by atoms with Gasteiger partial charge in [-0.2, -0.15) is 0 Å². The highest BCUT2D eigenvalue weighted by Gasteiger charge is 2.24.